The molecule has 0 saturated carbocycles. The molecule has 110 valence electrons. The lowest BCUT2D eigenvalue weighted by Crippen LogP contribution is -2.42. The van der Waals surface area contributed by atoms with Crippen molar-refractivity contribution >= 4 is 11.9 Å². The number of methoxy groups -OCH3 is 1. The van der Waals surface area contributed by atoms with Crippen LogP contribution >= 0.6 is 0 Å². The summed E-state index contributed by atoms with van der Waals surface area (Å²) >= 11 is 0. The van der Waals surface area contributed by atoms with E-state index in [1.165, 1.54) is 26.2 Å². The van der Waals surface area contributed by atoms with Crippen molar-refractivity contribution in [3.05, 3.63) is 29.6 Å². The molecule has 20 heavy (non-hydrogen) atoms. The van der Waals surface area contributed by atoms with Gasteiger partial charge in [0.2, 0.25) is 0 Å². The van der Waals surface area contributed by atoms with Gasteiger partial charge < -0.3 is 20.3 Å². The fourth-order valence-electron chi connectivity index (χ4n) is 1.56. The highest BCUT2D eigenvalue weighted by Gasteiger charge is 2.25. The maximum atomic E-state index is 13.6. The lowest BCUT2D eigenvalue weighted by molar-refractivity contribution is -0.141. The molecule has 0 heterocycles. The highest BCUT2D eigenvalue weighted by Crippen LogP contribution is 2.16. The van der Waals surface area contributed by atoms with Gasteiger partial charge in [-0.25, -0.2) is 4.39 Å². The van der Waals surface area contributed by atoms with Crippen LogP contribution in [0.3, 0.4) is 0 Å². The first-order valence-corrected chi connectivity index (χ1v) is 5.81. The monoisotopic (exact) mass is 285 g/mol. The number of hydrogen-bond acceptors (Lipinski definition) is 4. The van der Waals surface area contributed by atoms with Crippen molar-refractivity contribution in [1.82, 2.24) is 5.32 Å². The average molecular weight is 285 g/mol. The first-order valence-electron chi connectivity index (χ1n) is 5.81. The van der Waals surface area contributed by atoms with E-state index in [-0.39, 0.29) is 17.9 Å². The van der Waals surface area contributed by atoms with E-state index in [9.17, 15) is 19.1 Å². The Kier molecular flexibility index (Phi) is 5.04. The quantitative estimate of drug-likeness (QED) is 0.718. The molecule has 0 aliphatic carbocycles. The molecule has 0 saturated heterocycles. The third-order valence-electron chi connectivity index (χ3n) is 2.58. The van der Waals surface area contributed by atoms with Crippen LogP contribution < -0.4 is 10.1 Å². The number of amides is 1. The van der Waals surface area contributed by atoms with E-state index in [1.54, 1.807) is 0 Å². The summed E-state index contributed by atoms with van der Waals surface area (Å²) in [5.74, 6) is -2.42. The Balaban J connectivity index is 2.70. The smallest absolute Gasteiger partial charge is 0.306 e. The van der Waals surface area contributed by atoms with Gasteiger partial charge in [-0.2, -0.15) is 0 Å². The number of ether oxygens (including phenoxy) is 1. The van der Waals surface area contributed by atoms with Gasteiger partial charge in [0.15, 0.2) is 0 Å². The van der Waals surface area contributed by atoms with Crippen LogP contribution in [0.5, 0.6) is 5.75 Å². The summed E-state index contributed by atoms with van der Waals surface area (Å²) in [6, 6.07) is 3.73. The summed E-state index contributed by atoms with van der Waals surface area (Å²) in [5.41, 5.74) is -1.82. The Morgan fingerprint density at radius 3 is 2.60 bits per heavy atom. The van der Waals surface area contributed by atoms with E-state index in [4.69, 9.17) is 9.84 Å². The normalized spacial score (nSPS) is 13.4. The Morgan fingerprint density at radius 1 is 1.45 bits per heavy atom. The lowest BCUT2D eigenvalue weighted by atomic mass is 10.0. The van der Waals surface area contributed by atoms with E-state index < -0.39 is 29.7 Å². The summed E-state index contributed by atoms with van der Waals surface area (Å²) in [5, 5.41) is 20.6. The van der Waals surface area contributed by atoms with E-state index in [0.717, 1.165) is 6.07 Å². The van der Waals surface area contributed by atoms with Gasteiger partial charge in [0.1, 0.15) is 11.6 Å². The number of carboxylic acids is 1. The summed E-state index contributed by atoms with van der Waals surface area (Å²) in [7, 11) is 1.37. The zero-order valence-corrected chi connectivity index (χ0v) is 11.1. The molecule has 0 aliphatic heterocycles. The third-order valence-corrected chi connectivity index (χ3v) is 2.58. The first-order chi connectivity index (χ1) is 9.25. The summed E-state index contributed by atoms with van der Waals surface area (Å²) in [4.78, 5) is 22.3. The van der Waals surface area contributed by atoms with E-state index >= 15 is 0 Å². The molecule has 1 amide bonds. The molecule has 1 rings (SSSR count). The van der Waals surface area contributed by atoms with Gasteiger partial charge in [0, 0.05) is 12.6 Å². The number of nitrogens with one attached hydrogen (secondary N) is 1. The maximum absolute atomic E-state index is 13.6. The van der Waals surface area contributed by atoms with Crippen LogP contribution in [0.4, 0.5) is 4.39 Å². The molecule has 1 atom stereocenters. The van der Waals surface area contributed by atoms with Gasteiger partial charge in [0.25, 0.3) is 5.91 Å². The van der Waals surface area contributed by atoms with Gasteiger partial charge in [-0.05, 0) is 19.1 Å². The fraction of sp³-hybridized carbons (Fsp3) is 0.385. The van der Waals surface area contributed by atoms with Gasteiger partial charge >= 0.3 is 5.97 Å². The molecule has 1 aromatic rings. The van der Waals surface area contributed by atoms with Crippen LogP contribution in [0.15, 0.2) is 18.2 Å². The van der Waals surface area contributed by atoms with Crippen molar-refractivity contribution < 1.29 is 28.9 Å². The van der Waals surface area contributed by atoms with Gasteiger partial charge in [0.05, 0.1) is 24.7 Å². The predicted octanol–water partition coefficient (Wildman–Crippen LogP) is 0.790. The van der Waals surface area contributed by atoms with E-state index in [0.29, 0.717) is 0 Å². The first kappa shape index (κ1) is 15.9. The molecule has 0 aromatic heterocycles. The molecule has 0 aliphatic rings. The zero-order chi connectivity index (χ0) is 15.3. The number of halogens is 1. The van der Waals surface area contributed by atoms with Crippen LogP contribution in [-0.2, 0) is 4.79 Å². The van der Waals surface area contributed by atoms with Gasteiger partial charge in [-0.15, -0.1) is 0 Å². The van der Waals surface area contributed by atoms with Crippen molar-refractivity contribution in [3.8, 4) is 5.75 Å². The second-order valence-electron chi connectivity index (χ2n) is 4.60. The summed E-state index contributed by atoms with van der Waals surface area (Å²) in [6.45, 7) is 0.968. The zero-order valence-electron chi connectivity index (χ0n) is 11.1. The molecule has 0 radical (unpaired) electrons. The van der Waals surface area contributed by atoms with Crippen LogP contribution in [0, 0.1) is 5.82 Å². The van der Waals surface area contributed by atoms with Crippen molar-refractivity contribution in [2.75, 3.05) is 13.7 Å². The molecule has 0 spiro atoms. The third kappa shape index (κ3) is 4.51. The van der Waals surface area contributed by atoms with Crippen molar-refractivity contribution in [2.24, 2.45) is 0 Å². The minimum absolute atomic E-state index is 0.211. The topological polar surface area (TPSA) is 95.9 Å². The van der Waals surface area contributed by atoms with E-state index in [1.807, 2.05) is 0 Å². The average Bonchev–Trinajstić information content (AvgIpc) is 2.34. The Bertz CT molecular complexity index is 515. The molecular formula is C13H16FNO5. The number of rotatable bonds is 6. The molecule has 1 aromatic carbocycles. The number of carbonyl (C=O) groups excluding carboxylic acids is 1. The summed E-state index contributed by atoms with van der Waals surface area (Å²) < 4.78 is 18.4. The van der Waals surface area contributed by atoms with Crippen LogP contribution in [-0.4, -0.2) is 41.3 Å². The molecule has 7 heteroatoms. The second kappa shape index (κ2) is 6.33. The molecule has 3 N–H and O–H groups in total. The number of carboxylic acid groups (broad SMARTS) is 1. The summed E-state index contributed by atoms with van der Waals surface area (Å²) in [6.07, 6.45) is -0.529. The molecular weight excluding hydrogens is 269 g/mol. The number of benzene rings is 1. The highest BCUT2D eigenvalue weighted by atomic mass is 19.1. The standard InChI is InChI=1S/C13H16FNO5/c1-13(19,6-11(16)17)7-15-12(18)9-4-3-8(20-2)5-10(9)14/h3-5,19H,6-7H2,1-2H3,(H,15,18)(H,16,17). The maximum Gasteiger partial charge on any atom is 0.306 e. The van der Waals surface area contributed by atoms with Crippen LogP contribution in [0.2, 0.25) is 0 Å². The SMILES string of the molecule is COc1ccc(C(=O)NCC(C)(O)CC(=O)O)c(F)c1. The van der Waals surface area contributed by atoms with Crippen molar-refractivity contribution in [1.29, 1.82) is 0 Å². The van der Waals surface area contributed by atoms with Crippen LogP contribution in [0.1, 0.15) is 23.7 Å². The fourth-order valence-corrected chi connectivity index (χ4v) is 1.56. The number of aliphatic carboxylic acids is 1. The Hall–Kier alpha value is -2.15. The van der Waals surface area contributed by atoms with Crippen molar-refractivity contribution in [2.45, 2.75) is 18.9 Å². The minimum Gasteiger partial charge on any atom is -0.497 e. The van der Waals surface area contributed by atoms with Gasteiger partial charge in [-0.1, -0.05) is 0 Å². The van der Waals surface area contributed by atoms with Crippen molar-refractivity contribution in [3.63, 3.8) is 0 Å². The molecule has 0 fully saturated rings. The lowest BCUT2D eigenvalue weighted by Gasteiger charge is -2.21. The molecule has 6 nitrogen and oxygen atoms in total. The highest BCUT2D eigenvalue weighted by molar-refractivity contribution is 5.94. The second-order valence-corrected chi connectivity index (χ2v) is 4.60. The van der Waals surface area contributed by atoms with E-state index in [2.05, 4.69) is 5.32 Å². The Labute approximate surface area is 115 Å². The minimum atomic E-state index is -1.61. The number of hydrogen-bond donors (Lipinski definition) is 3. The Morgan fingerprint density at radius 2 is 2.10 bits per heavy atom. The van der Waals surface area contributed by atoms with Crippen LogP contribution in [0.25, 0.3) is 0 Å². The number of carbonyl (C=O) groups is 2. The number of aliphatic hydroxyl groups is 1. The molecule has 0 bridgehead atoms. The molecule has 1 unspecified atom stereocenters. The van der Waals surface area contributed by atoms with Gasteiger partial charge in [-0.3, -0.25) is 9.59 Å². The predicted molar refractivity (Wildman–Crippen MR) is 68.2 cm³/mol. The largest absolute Gasteiger partial charge is 0.497 e.